The van der Waals surface area contributed by atoms with E-state index in [9.17, 15) is 9.59 Å². The summed E-state index contributed by atoms with van der Waals surface area (Å²) in [4.78, 5) is 30.5. The minimum atomic E-state index is -0.405. The molecular formula is C26H20N2O4S. The molecule has 0 aliphatic rings. The molecule has 0 radical (unpaired) electrons. The number of nitrogens with zero attached hydrogens (tertiary/aromatic N) is 2. The van der Waals surface area contributed by atoms with Gasteiger partial charge in [-0.3, -0.25) is 9.36 Å². The highest BCUT2D eigenvalue weighted by Crippen LogP contribution is 2.30. The van der Waals surface area contributed by atoms with E-state index in [-0.39, 0.29) is 5.56 Å². The van der Waals surface area contributed by atoms with Crippen molar-refractivity contribution in [1.29, 1.82) is 0 Å². The van der Waals surface area contributed by atoms with E-state index >= 15 is 0 Å². The zero-order valence-electron chi connectivity index (χ0n) is 18.1. The van der Waals surface area contributed by atoms with Gasteiger partial charge in [-0.15, -0.1) is 0 Å². The van der Waals surface area contributed by atoms with Crippen LogP contribution >= 0.6 is 11.8 Å². The number of methoxy groups -OCH3 is 1. The fraction of sp³-hybridized carbons (Fsp3) is 0.115. The number of rotatable bonds is 5. The van der Waals surface area contributed by atoms with Crippen LogP contribution in [-0.2, 0) is 5.75 Å². The fourth-order valence-corrected chi connectivity index (χ4v) is 4.83. The van der Waals surface area contributed by atoms with Gasteiger partial charge in [-0.25, -0.2) is 9.78 Å². The lowest BCUT2D eigenvalue weighted by atomic mass is 10.1. The molecule has 33 heavy (non-hydrogen) atoms. The number of hydrogen-bond acceptors (Lipinski definition) is 6. The molecule has 2 heterocycles. The van der Waals surface area contributed by atoms with Crippen molar-refractivity contribution >= 4 is 33.6 Å². The number of aryl methyl sites for hydroxylation is 1. The van der Waals surface area contributed by atoms with Crippen LogP contribution in [0, 0.1) is 6.92 Å². The standard InChI is InChI=1S/C26H20N2O4S/c1-16-11-12-18-17(14-24(29)32-23(18)13-16)15-33-26-27-20-8-4-3-7-19(20)25(30)28(26)21-9-5-6-10-22(21)31-2/h3-14H,15H2,1-2H3. The van der Waals surface area contributed by atoms with Gasteiger partial charge in [0.2, 0.25) is 0 Å². The highest BCUT2D eigenvalue weighted by Gasteiger charge is 2.17. The quantitative estimate of drug-likeness (QED) is 0.208. The lowest BCUT2D eigenvalue weighted by Gasteiger charge is -2.16. The van der Waals surface area contributed by atoms with Gasteiger partial charge >= 0.3 is 5.63 Å². The third-order valence-electron chi connectivity index (χ3n) is 5.41. The molecule has 3 aromatic carbocycles. The molecule has 2 aromatic heterocycles. The monoisotopic (exact) mass is 456 g/mol. The van der Waals surface area contributed by atoms with Crippen LogP contribution in [0.3, 0.4) is 0 Å². The molecule has 0 atom stereocenters. The Morgan fingerprint density at radius 3 is 2.61 bits per heavy atom. The van der Waals surface area contributed by atoms with Crippen LogP contribution in [0.5, 0.6) is 5.75 Å². The minimum absolute atomic E-state index is 0.180. The predicted octanol–water partition coefficient (Wildman–Crippen LogP) is 5.10. The second-order valence-corrected chi connectivity index (χ2v) is 8.55. The molecule has 7 heteroatoms. The Hall–Kier alpha value is -3.84. The first-order valence-electron chi connectivity index (χ1n) is 10.4. The first-order chi connectivity index (χ1) is 16.0. The minimum Gasteiger partial charge on any atom is -0.495 e. The molecule has 0 N–H and O–H groups in total. The van der Waals surface area contributed by atoms with Crippen LogP contribution in [0.1, 0.15) is 11.1 Å². The summed E-state index contributed by atoms with van der Waals surface area (Å²) in [6.07, 6.45) is 0. The summed E-state index contributed by atoms with van der Waals surface area (Å²) < 4.78 is 12.5. The summed E-state index contributed by atoms with van der Waals surface area (Å²) in [6, 6.07) is 21.9. The van der Waals surface area contributed by atoms with E-state index in [1.165, 1.54) is 17.8 Å². The van der Waals surface area contributed by atoms with Crippen molar-refractivity contribution in [3.8, 4) is 11.4 Å². The van der Waals surface area contributed by atoms with E-state index in [1.54, 1.807) is 17.7 Å². The summed E-state index contributed by atoms with van der Waals surface area (Å²) in [5, 5.41) is 1.89. The fourth-order valence-electron chi connectivity index (χ4n) is 3.83. The lowest BCUT2D eigenvalue weighted by Crippen LogP contribution is -2.22. The molecule has 0 aliphatic heterocycles. The van der Waals surface area contributed by atoms with Gasteiger partial charge in [0, 0.05) is 17.2 Å². The van der Waals surface area contributed by atoms with E-state index < -0.39 is 5.63 Å². The highest BCUT2D eigenvalue weighted by molar-refractivity contribution is 7.98. The number of para-hydroxylation sites is 3. The second kappa shape index (κ2) is 8.60. The van der Waals surface area contributed by atoms with E-state index in [0.29, 0.717) is 38.8 Å². The number of aromatic nitrogens is 2. The van der Waals surface area contributed by atoms with Crippen molar-refractivity contribution in [3.63, 3.8) is 0 Å². The summed E-state index contributed by atoms with van der Waals surface area (Å²) in [6.45, 7) is 1.95. The normalized spacial score (nSPS) is 11.2. The molecule has 6 nitrogen and oxygen atoms in total. The average Bonchev–Trinajstić information content (AvgIpc) is 2.82. The van der Waals surface area contributed by atoms with Crippen LogP contribution in [-0.4, -0.2) is 16.7 Å². The molecule has 0 aliphatic carbocycles. The summed E-state index contributed by atoms with van der Waals surface area (Å²) in [5.41, 5.74) is 3.02. The van der Waals surface area contributed by atoms with Gasteiger partial charge in [-0.05, 0) is 48.4 Å². The zero-order chi connectivity index (χ0) is 22.9. The maximum Gasteiger partial charge on any atom is 0.336 e. The SMILES string of the molecule is COc1ccccc1-n1c(SCc2cc(=O)oc3cc(C)ccc23)nc2ccccc2c1=O. The van der Waals surface area contributed by atoms with Gasteiger partial charge < -0.3 is 9.15 Å². The molecule has 0 fully saturated rings. The molecule has 0 saturated carbocycles. The molecule has 0 saturated heterocycles. The molecule has 0 bridgehead atoms. The number of hydrogen-bond donors (Lipinski definition) is 0. The summed E-state index contributed by atoms with van der Waals surface area (Å²) in [5.74, 6) is 1.00. The van der Waals surface area contributed by atoms with Crippen molar-refractivity contribution in [3.05, 3.63) is 105 Å². The lowest BCUT2D eigenvalue weighted by molar-refractivity contribution is 0.411. The van der Waals surface area contributed by atoms with E-state index in [0.717, 1.165) is 16.5 Å². The number of ether oxygens (including phenoxy) is 1. The Labute approximate surface area is 193 Å². The zero-order valence-corrected chi connectivity index (χ0v) is 18.9. The van der Waals surface area contributed by atoms with Crippen molar-refractivity contribution in [2.75, 3.05) is 7.11 Å². The third-order valence-corrected chi connectivity index (χ3v) is 6.40. The molecular weight excluding hydrogens is 436 g/mol. The van der Waals surface area contributed by atoms with Crippen molar-refractivity contribution in [2.45, 2.75) is 17.8 Å². The van der Waals surface area contributed by atoms with Crippen molar-refractivity contribution in [2.24, 2.45) is 0 Å². The molecule has 0 unspecified atom stereocenters. The maximum absolute atomic E-state index is 13.5. The van der Waals surface area contributed by atoms with E-state index in [4.69, 9.17) is 14.1 Å². The van der Waals surface area contributed by atoms with Crippen molar-refractivity contribution < 1.29 is 9.15 Å². The predicted molar refractivity (Wildman–Crippen MR) is 131 cm³/mol. The van der Waals surface area contributed by atoms with Gasteiger partial charge in [0.25, 0.3) is 5.56 Å². The second-order valence-electron chi connectivity index (χ2n) is 7.60. The van der Waals surface area contributed by atoms with Gasteiger partial charge in [-0.2, -0.15) is 0 Å². The summed E-state index contributed by atoms with van der Waals surface area (Å²) in [7, 11) is 1.57. The van der Waals surface area contributed by atoms with Gasteiger partial charge in [0.15, 0.2) is 5.16 Å². The van der Waals surface area contributed by atoms with Gasteiger partial charge in [0.1, 0.15) is 11.3 Å². The van der Waals surface area contributed by atoms with Crippen LogP contribution in [0.15, 0.2) is 92.0 Å². The smallest absolute Gasteiger partial charge is 0.336 e. The molecule has 0 spiro atoms. The van der Waals surface area contributed by atoms with E-state index in [2.05, 4.69) is 0 Å². The average molecular weight is 457 g/mol. The van der Waals surface area contributed by atoms with Gasteiger partial charge in [0.05, 0.1) is 23.7 Å². The Kier molecular flexibility index (Phi) is 5.48. The Morgan fingerprint density at radius 1 is 0.970 bits per heavy atom. The van der Waals surface area contributed by atoms with Gasteiger partial charge in [-0.1, -0.05) is 48.2 Å². The largest absolute Gasteiger partial charge is 0.495 e. The molecule has 0 amide bonds. The maximum atomic E-state index is 13.5. The van der Waals surface area contributed by atoms with Crippen LogP contribution in [0.2, 0.25) is 0 Å². The number of thioether (sulfide) groups is 1. The Balaban J connectivity index is 1.67. The summed E-state index contributed by atoms with van der Waals surface area (Å²) >= 11 is 1.39. The molecule has 5 rings (SSSR count). The van der Waals surface area contributed by atoms with Crippen LogP contribution in [0.4, 0.5) is 0 Å². The molecule has 5 aromatic rings. The molecule has 164 valence electrons. The number of fused-ring (bicyclic) bond motifs is 2. The third kappa shape index (κ3) is 3.91. The topological polar surface area (TPSA) is 74.3 Å². The van der Waals surface area contributed by atoms with Crippen LogP contribution in [0.25, 0.3) is 27.6 Å². The Bertz CT molecular complexity index is 1620. The van der Waals surface area contributed by atoms with E-state index in [1.807, 2.05) is 67.6 Å². The number of benzene rings is 3. The first-order valence-corrected chi connectivity index (χ1v) is 11.3. The first kappa shape index (κ1) is 21.0. The van der Waals surface area contributed by atoms with Crippen molar-refractivity contribution in [1.82, 2.24) is 9.55 Å². The highest BCUT2D eigenvalue weighted by atomic mass is 32.2. The van der Waals surface area contributed by atoms with Crippen LogP contribution < -0.4 is 15.9 Å². The Morgan fingerprint density at radius 2 is 1.76 bits per heavy atom.